The molecule has 1 aliphatic rings. The molecule has 1 atom stereocenters. The zero-order chi connectivity index (χ0) is 14.2. The van der Waals surface area contributed by atoms with Crippen LogP contribution in [0.4, 0.5) is 0 Å². The zero-order valence-corrected chi connectivity index (χ0v) is 13.7. The molecule has 2 rings (SSSR count). The summed E-state index contributed by atoms with van der Waals surface area (Å²) in [5, 5.41) is 8.85. The Morgan fingerprint density at radius 2 is 2.20 bits per heavy atom. The molecule has 0 amide bonds. The SMILES string of the molecule is CCCNC(CSC1CCCC1)Cc1ncnn1CC. The van der Waals surface area contributed by atoms with Crippen molar-refractivity contribution in [2.45, 2.75) is 70.2 Å². The molecule has 1 aromatic heterocycles. The molecular weight excluding hydrogens is 268 g/mol. The van der Waals surface area contributed by atoms with Crippen LogP contribution in [0.2, 0.25) is 0 Å². The van der Waals surface area contributed by atoms with Crippen LogP contribution in [0.15, 0.2) is 6.33 Å². The normalized spacial score (nSPS) is 17.7. The quantitative estimate of drug-likeness (QED) is 0.761. The van der Waals surface area contributed by atoms with Gasteiger partial charge in [-0.05, 0) is 32.7 Å². The highest BCUT2D eigenvalue weighted by Crippen LogP contribution is 2.29. The van der Waals surface area contributed by atoms with E-state index in [9.17, 15) is 0 Å². The van der Waals surface area contributed by atoms with Gasteiger partial charge in [-0.25, -0.2) is 4.98 Å². The second kappa shape index (κ2) is 8.67. The van der Waals surface area contributed by atoms with E-state index in [1.165, 1.54) is 37.9 Å². The fourth-order valence-corrected chi connectivity index (χ4v) is 4.18. The lowest BCUT2D eigenvalue weighted by Crippen LogP contribution is -2.35. The van der Waals surface area contributed by atoms with Crippen molar-refractivity contribution in [3.63, 3.8) is 0 Å². The van der Waals surface area contributed by atoms with E-state index in [1.54, 1.807) is 6.33 Å². The first-order chi connectivity index (χ1) is 9.83. The van der Waals surface area contributed by atoms with Crippen molar-refractivity contribution in [2.75, 3.05) is 12.3 Å². The number of rotatable bonds is 9. The zero-order valence-electron chi connectivity index (χ0n) is 12.8. The van der Waals surface area contributed by atoms with Crippen LogP contribution in [0.3, 0.4) is 0 Å². The molecule has 0 saturated heterocycles. The minimum Gasteiger partial charge on any atom is -0.313 e. The van der Waals surface area contributed by atoms with Crippen LogP contribution in [0.5, 0.6) is 0 Å². The van der Waals surface area contributed by atoms with Crippen LogP contribution < -0.4 is 5.32 Å². The largest absolute Gasteiger partial charge is 0.313 e. The van der Waals surface area contributed by atoms with E-state index in [1.807, 2.05) is 4.68 Å². The molecule has 20 heavy (non-hydrogen) atoms. The molecule has 1 heterocycles. The van der Waals surface area contributed by atoms with E-state index in [-0.39, 0.29) is 0 Å². The lowest BCUT2D eigenvalue weighted by Gasteiger charge is -2.20. The van der Waals surface area contributed by atoms with E-state index in [0.29, 0.717) is 6.04 Å². The molecule has 1 fully saturated rings. The summed E-state index contributed by atoms with van der Waals surface area (Å²) in [6.45, 7) is 6.35. The van der Waals surface area contributed by atoms with Crippen molar-refractivity contribution in [2.24, 2.45) is 0 Å². The molecule has 0 radical (unpaired) electrons. The first kappa shape index (κ1) is 15.8. The van der Waals surface area contributed by atoms with Crippen molar-refractivity contribution < 1.29 is 0 Å². The Kier molecular flexibility index (Phi) is 6.87. The molecule has 5 heteroatoms. The van der Waals surface area contributed by atoms with Gasteiger partial charge in [0.25, 0.3) is 0 Å². The second-order valence-corrected chi connectivity index (χ2v) is 6.92. The predicted molar refractivity (Wildman–Crippen MR) is 86.2 cm³/mol. The smallest absolute Gasteiger partial charge is 0.138 e. The first-order valence-electron chi connectivity index (χ1n) is 8.05. The molecule has 1 unspecified atom stereocenters. The number of hydrogen-bond donors (Lipinski definition) is 1. The monoisotopic (exact) mass is 296 g/mol. The summed E-state index contributed by atoms with van der Waals surface area (Å²) < 4.78 is 2.01. The van der Waals surface area contributed by atoms with Crippen molar-refractivity contribution in [3.8, 4) is 0 Å². The maximum Gasteiger partial charge on any atom is 0.138 e. The summed E-state index contributed by atoms with van der Waals surface area (Å²) in [6.07, 6.45) is 9.54. The number of aromatic nitrogens is 3. The highest BCUT2D eigenvalue weighted by molar-refractivity contribution is 7.99. The van der Waals surface area contributed by atoms with Gasteiger partial charge in [0.2, 0.25) is 0 Å². The standard InChI is InChI=1S/C15H28N4S/c1-3-9-16-13(11-20-14-7-5-6-8-14)10-15-17-12-18-19(15)4-2/h12-14,16H,3-11H2,1-2H3. The van der Waals surface area contributed by atoms with Gasteiger partial charge in [0.05, 0.1) is 0 Å². The van der Waals surface area contributed by atoms with Gasteiger partial charge in [0.1, 0.15) is 12.2 Å². The Hall–Kier alpha value is -0.550. The summed E-state index contributed by atoms with van der Waals surface area (Å²) >= 11 is 2.16. The minimum atomic E-state index is 0.523. The van der Waals surface area contributed by atoms with Crippen LogP contribution in [0.1, 0.15) is 51.8 Å². The third-order valence-electron chi connectivity index (χ3n) is 3.94. The third kappa shape index (κ3) is 4.77. The second-order valence-electron chi connectivity index (χ2n) is 5.59. The molecule has 0 spiro atoms. The van der Waals surface area contributed by atoms with E-state index < -0.39 is 0 Å². The number of aryl methyl sites for hydroxylation is 1. The van der Waals surface area contributed by atoms with Crippen molar-refractivity contribution in [3.05, 3.63) is 12.2 Å². The average molecular weight is 296 g/mol. The van der Waals surface area contributed by atoms with Gasteiger partial charge in [0.15, 0.2) is 0 Å². The maximum absolute atomic E-state index is 4.42. The Balaban J connectivity index is 1.85. The molecule has 0 aliphatic heterocycles. The predicted octanol–water partition coefficient (Wildman–Crippen LogP) is 2.88. The van der Waals surface area contributed by atoms with Crippen molar-refractivity contribution in [1.82, 2.24) is 20.1 Å². The highest BCUT2D eigenvalue weighted by atomic mass is 32.2. The molecule has 0 bridgehead atoms. The molecule has 114 valence electrons. The highest BCUT2D eigenvalue weighted by Gasteiger charge is 2.19. The first-order valence-corrected chi connectivity index (χ1v) is 9.10. The lowest BCUT2D eigenvalue weighted by molar-refractivity contribution is 0.513. The van der Waals surface area contributed by atoms with E-state index >= 15 is 0 Å². The molecule has 4 nitrogen and oxygen atoms in total. The fraction of sp³-hybridized carbons (Fsp3) is 0.867. The van der Waals surface area contributed by atoms with Crippen LogP contribution in [-0.4, -0.2) is 38.4 Å². The molecule has 1 aliphatic carbocycles. The Morgan fingerprint density at radius 1 is 1.40 bits per heavy atom. The lowest BCUT2D eigenvalue weighted by atomic mass is 10.2. The van der Waals surface area contributed by atoms with Gasteiger partial charge in [-0.1, -0.05) is 19.8 Å². The summed E-state index contributed by atoms with van der Waals surface area (Å²) in [5.41, 5.74) is 0. The van der Waals surface area contributed by atoms with E-state index in [0.717, 1.165) is 30.6 Å². The Morgan fingerprint density at radius 3 is 2.90 bits per heavy atom. The molecular formula is C15H28N4S. The fourth-order valence-electron chi connectivity index (χ4n) is 2.78. The van der Waals surface area contributed by atoms with E-state index in [2.05, 4.69) is 41.0 Å². The van der Waals surface area contributed by atoms with Gasteiger partial charge in [0, 0.05) is 30.0 Å². The topological polar surface area (TPSA) is 42.7 Å². The van der Waals surface area contributed by atoms with Crippen LogP contribution in [0, 0.1) is 0 Å². The molecule has 1 aromatic rings. The van der Waals surface area contributed by atoms with Crippen LogP contribution in [-0.2, 0) is 13.0 Å². The van der Waals surface area contributed by atoms with Gasteiger partial charge in [-0.3, -0.25) is 4.68 Å². The van der Waals surface area contributed by atoms with E-state index in [4.69, 9.17) is 0 Å². The summed E-state index contributed by atoms with van der Waals surface area (Å²) in [5.74, 6) is 2.31. The number of nitrogens with one attached hydrogen (secondary N) is 1. The number of nitrogens with zero attached hydrogens (tertiary/aromatic N) is 3. The Bertz CT molecular complexity index is 374. The molecule has 0 aromatic carbocycles. The van der Waals surface area contributed by atoms with Crippen LogP contribution >= 0.6 is 11.8 Å². The Labute approximate surface area is 127 Å². The number of hydrogen-bond acceptors (Lipinski definition) is 4. The van der Waals surface area contributed by atoms with Gasteiger partial charge >= 0.3 is 0 Å². The summed E-state index contributed by atoms with van der Waals surface area (Å²) in [7, 11) is 0. The van der Waals surface area contributed by atoms with Crippen molar-refractivity contribution >= 4 is 11.8 Å². The summed E-state index contributed by atoms with van der Waals surface area (Å²) in [4.78, 5) is 4.42. The van der Waals surface area contributed by atoms with Crippen molar-refractivity contribution in [1.29, 1.82) is 0 Å². The average Bonchev–Trinajstić information content (AvgIpc) is 3.12. The minimum absolute atomic E-state index is 0.523. The molecule has 1 saturated carbocycles. The maximum atomic E-state index is 4.42. The van der Waals surface area contributed by atoms with Gasteiger partial charge in [-0.2, -0.15) is 16.9 Å². The van der Waals surface area contributed by atoms with Gasteiger partial charge in [-0.15, -0.1) is 0 Å². The van der Waals surface area contributed by atoms with Gasteiger partial charge < -0.3 is 5.32 Å². The third-order valence-corrected chi connectivity index (χ3v) is 5.48. The number of thioether (sulfide) groups is 1. The van der Waals surface area contributed by atoms with Crippen LogP contribution in [0.25, 0.3) is 0 Å². The summed E-state index contributed by atoms with van der Waals surface area (Å²) in [6, 6.07) is 0.523. The molecule has 1 N–H and O–H groups in total.